The van der Waals surface area contributed by atoms with E-state index in [0.717, 1.165) is 0 Å². The Balaban J connectivity index is 0.00000272. The number of nitrogens with one attached hydrogen (secondary N) is 1. The van der Waals surface area contributed by atoms with Gasteiger partial charge in [-0.1, -0.05) is 0 Å². The summed E-state index contributed by atoms with van der Waals surface area (Å²) in [5.74, 6) is -0.193. The molecule has 5 atom stereocenters. The predicted octanol–water partition coefficient (Wildman–Crippen LogP) is -4.19. The fraction of sp³-hybridized carbons (Fsp3) is 0.500. The third-order valence-corrected chi connectivity index (χ3v) is 7.59. The number of nitrogen functional groups attached to an aromatic ring is 1. The first kappa shape index (κ1) is 27.7. The largest absolute Gasteiger partial charge is 1.00 e. The Morgan fingerprint density at radius 1 is 1.25 bits per heavy atom. The summed E-state index contributed by atoms with van der Waals surface area (Å²) in [6.07, 6.45) is -2.36. The van der Waals surface area contributed by atoms with Crippen molar-refractivity contribution in [3.05, 3.63) is 16.7 Å². The number of H-pyrrole nitrogens is 1. The molecule has 1 aliphatic rings. The number of aliphatic hydroxyl groups excluding tert-OH is 1. The van der Waals surface area contributed by atoms with Gasteiger partial charge < -0.3 is 36.6 Å². The average molecular weight is 531 g/mol. The Morgan fingerprint density at radius 2 is 1.91 bits per heavy atom. The minimum absolute atomic E-state index is 0. The SMILES string of the molecule is Nc1nc2c(ncn2[C@H]2C[C@H](O)[C@@H](COP(=O)(O)OP(=O)(O)OP(=O)(O)O)O2)c(=O)[nH]1.[H-].[Na+]. The molecule has 0 saturated carbocycles. The molecular weight excluding hydrogens is 514 g/mol. The Labute approximate surface area is 200 Å². The van der Waals surface area contributed by atoms with Gasteiger partial charge >= 0.3 is 53.0 Å². The summed E-state index contributed by atoms with van der Waals surface area (Å²) in [7, 11) is -16.6. The molecule has 0 bridgehead atoms. The second kappa shape index (κ2) is 10.00. The van der Waals surface area contributed by atoms with Crippen molar-refractivity contribution in [1.82, 2.24) is 19.5 Å². The van der Waals surface area contributed by atoms with Gasteiger partial charge in [-0.05, 0) is 0 Å². The summed E-state index contributed by atoms with van der Waals surface area (Å²) in [4.78, 5) is 57.5. The van der Waals surface area contributed by atoms with Crippen LogP contribution in [0.25, 0.3) is 11.2 Å². The van der Waals surface area contributed by atoms with Gasteiger partial charge in [-0.15, -0.1) is 0 Å². The van der Waals surface area contributed by atoms with E-state index in [-0.39, 0.29) is 54.5 Å². The Hall–Kier alpha value is -0.520. The number of nitrogens with zero attached hydrogens (tertiary/aromatic N) is 3. The maximum atomic E-state index is 11.8. The molecule has 8 N–H and O–H groups in total. The smallest absolute Gasteiger partial charge is 1.00 e. The van der Waals surface area contributed by atoms with Crippen molar-refractivity contribution in [2.24, 2.45) is 0 Å². The summed E-state index contributed by atoms with van der Waals surface area (Å²) in [5.41, 5.74) is 4.89. The minimum Gasteiger partial charge on any atom is -1.00 e. The number of aromatic nitrogens is 4. The predicted molar refractivity (Wildman–Crippen MR) is 98.0 cm³/mol. The number of hydrogen-bond donors (Lipinski definition) is 7. The van der Waals surface area contributed by atoms with Crippen LogP contribution >= 0.6 is 23.5 Å². The van der Waals surface area contributed by atoms with E-state index in [1.807, 2.05) is 0 Å². The van der Waals surface area contributed by atoms with Crippen LogP contribution in [0, 0.1) is 0 Å². The molecule has 2 unspecified atom stereocenters. The van der Waals surface area contributed by atoms with Gasteiger partial charge in [-0.25, -0.2) is 18.7 Å². The van der Waals surface area contributed by atoms with Gasteiger partial charge in [0.15, 0.2) is 11.2 Å². The molecule has 18 nitrogen and oxygen atoms in total. The molecule has 1 aliphatic heterocycles. The van der Waals surface area contributed by atoms with Crippen molar-refractivity contribution in [3.8, 4) is 0 Å². The van der Waals surface area contributed by atoms with Crippen molar-refractivity contribution in [2.45, 2.75) is 24.9 Å². The molecule has 0 amide bonds. The molecule has 3 rings (SSSR count). The average Bonchev–Trinajstić information content (AvgIpc) is 3.13. The number of aromatic amines is 1. The number of anilines is 1. The molecule has 3 heterocycles. The molecular formula is C10H17N5NaO13P3. The zero-order valence-electron chi connectivity index (χ0n) is 17.0. The number of imidazole rings is 1. The number of nitrogens with two attached hydrogens (primary N) is 1. The third-order valence-electron chi connectivity index (χ3n) is 3.78. The number of aliphatic hydroxyl groups is 1. The Kier molecular flexibility index (Phi) is 8.66. The van der Waals surface area contributed by atoms with Crippen molar-refractivity contribution in [1.29, 1.82) is 0 Å². The summed E-state index contributed by atoms with van der Waals surface area (Å²) in [5, 5.41) is 10.1. The molecule has 1 fully saturated rings. The number of rotatable bonds is 8. The summed E-state index contributed by atoms with van der Waals surface area (Å²) >= 11 is 0. The summed E-state index contributed by atoms with van der Waals surface area (Å²) < 4.78 is 52.1. The summed E-state index contributed by atoms with van der Waals surface area (Å²) in [6.45, 7) is -0.843. The van der Waals surface area contributed by atoms with E-state index < -0.39 is 54.1 Å². The third kappa shape index (κ3) is 6.99. The van der Waals surface area contributed by atoms with Gasteiger partial charge in [-0.3, -0.25) is 18.9 Å². The van der Waals surface area contributed by atoms with E-state index in [9.17, 15) is 28.5 Å². The van der Waals surface area contributed by atoms with Gasteiger partial charge in [0, 0.05) is 6.42 Å². The number of ether oxygens (including phenoxy) is 1. The molecule has 2 aromatic heterocycles. The minimum atomic E-state index is -5.67. The van der Waals surface area contributed by atoms with Crippen molar-refractivity contribution in [3.63, 3.8) is 0 Å². The Morgan fingerprint density at radius 3 is 2.53 bits per heavy atom. The van der Waals surface area contributed by atoms with E-state index >= 15 is 0 Å². The fourth-order valence-electron chi connectivity index (χ4n) is 2.66. The van der Waals surface area contributed by atoms with Crippen LogP contribution in [0.1, 0.15) is 14.1 Å². The van der Waals surface area contributed by atoms with Crippen LogP contribution in [0.5, 0.6) is 0 Å². The van der Waals surface area contributed by atoms with Crippen LogP contribution in [-0.4, -0.2) is 63.0 Å². The number of hydrogen-bond acceptors (Lipinski definition) is 12. The molecule has 0 aromatic carbocycles. The van der Waals surface area contributed by atoms with Gasteiger partial charge in [0.05, 0.1) is 19.0 Å². The molecule has 0 aliphatic carbocycles. The number of phosphoric ester groups is 1. The molecule has 32 heavy (non-hydrogen) atoms. The monoisotopic (exact) mass is 531 g/mol. The van der Waals surface area contributed by atoms with Crippen LogP contribution in [0.15, 0.2) is 11.1 Å². The van der Waals surface area contributed by atoms with Gasteiger partial charge in [0.2, 0.25) is 5.95 Å². The first-order chi connectivity index (χ1) is 14.2. The molecule has 0 radical (unpaired) electrons. The molecule has 22 heteroatoms. The Bertz CT molecular complexity index is 1190. The van der Waals surface area contributed by atoms with E-state index in [2.05, 4.69) is 28.1 Å². The van der Waals surface area contributed by atoms with E-state index in [4.69, 9.17) is 25.2 Å². The van der Waals surface area contributed by atoms with Gasteiger partial charge in [-0.2, -0.15) is 13.6 Å². The van der Waals surface area contributed by atoms with Crippen molar-refractivity contribution < 1.29 is 87.2 Å². The number of fused-ring (bicyclic) bond motifs is 1. The first-order valence-electron chi connectivity index (χ1n) is 8.00. The van der Waals surface area contributed by atoms with E-state index in [1.165, 1.54) is 10.9 Å². The van der Waals surface area contributed by atoms with Gasteiger partial charge in [0.25, 0.3) is 5.56 Å². The van der Waals surface area contributed by atoms with Crippen molar-refractivity contribution >= 4 is 40.6 Å². The van der Waals surface area contributed by atoms with Gasteiger partial charge in [0.1, 0.15) is 12.3 Å². The molecule has 0 spiro atoms. The topological polar surface area (TPSA) is 279 Å². The van der Waals surface area contributed by atoms with Crippen LogP contribution in [-0.2, 0) is 31.6 Å². The quantitative estimate of drug-likeness (QED) is 0.126. The second-order valence-corrected chi connectivity index (χ2v) is 10.5. The second-order valence-electron chi connectivity index (χ2n) is 6.09. The zero-order chi connectivity index (χ0) is 23.2. The number of phosphoric acid groups is 3. The zero-order valence-corrected chi connectivity index (χ0v) is 20.7. The van der Waals surface area contributed by atoms with Crippen LogP contribution in [0.2, 0.25) is 0 Å². The maximum absolute atomic E-state index is 11.8. The molecule has 176 valence electrons. The normalized spacial score (nSPS) is 25.2. The first-order valence-corrected chi connectivity index (χ1v) is 12.5. The van der Waals surface area contributed by atoms with Crippen molar-refractivity contribution in [2.75, 3.05) is 12.3 Å². The summed E-state index contributed by atoms with van der Waals surface area (Å²) in [6, 6.07) is 0. The maximum Gasteiger partial charge on any atom is 1.00 e. The van der Waals surface area contributed by atoms with E-state index in [1.54, 1.807) is 0 Å². The molecule has 2 aromatic rings. The molecule has 1 saturated heterocycles. The van der Waals surface area contributed by atoms with Crippen LogP contribution in [0.3, 0.4) is 0 Å². The van der Waals surface area contributed by atoms with Crippen LogP contribution < -0.4 is 40.9 Å². The standard InChI is InChI=1S/C10H16N5O13P3.Na.H/c11-10-13-8-7(9(17)14-10)12-3-15(8)6-1-4(16)5(26-6)2-25-30(21,22)28-31(23,24)27-29(18,19)20;;/h3-6,16H,1-2H2,(H,21,22)(H,23,24)(H2,18,19,20)(H3,11,13,14,17);;/q;+1;-1/t4-,5+,6+;;/m0../s1. The fourth-order valence-corrected chi connectivity index (χ4v) is 5.69. The van der Waals surface area contributed by atoms with E-state index in [0.29, 0.717) is 0 Å². The van der Waals surface area contributed by atoms with Crippen LogP contribution in [0.4, 0.5) is 5.95 Å².